The van der Waals surface area contributed by atoms with E-state index in [9.17, 15) is 14.7 Å². The second-order valence-corrected chi connectivity index (χ2v) is 4.56. The summed E-state index contributed by atoms with van der Waals surface area (Å²) in [6, 6.07) is 0. The minimum absolute atomic E-state index is 0.0664. The molecule has 0 spiro atoms. The summed E-state index contributed by atoms with van der Waals surface area (Å²) >= 11 is 0. The van der Waals surface area contributed by atoms with E-state index >= 15 is 0 Å². The molecule has 15 heavy (non-hydrogen) atoms. The van der Waals surface area contributed by atoms with E-state index in [2.05, 4.69) is 0 Å². The van der Waals surface area contributed by atoms with Crippen LogP contribution in [0.4, 0.5) is 0 Å². The fourth-order valence-corrected chi connectivity index (χ4v) is 2.49. The third-order valence-corrected chi connectivity index (χ3v) is 3.66. The normalized spacial score (nSPS) is 30.6. The van der Waals surface area contributed by atoms with Crippen molar-refractivity contribution in [3.8, 4) is 0 Å². The highest BCUT2D eigenvalue weighted by Crippen LogP contribution is 2.39. The predicted octanol–water partition coefficient (Wildman–Crippen LogP) is 1.25. The number of rotatable bonds is 3. The highest BCUT2D eigenvalue weighted by atomic mass is 16.4. The third-order valence-electron chi connectivity index (χ3n) is 3.66. The number of carbonyl (C=O) groups is 2. The second kappa shape index (κ2) is 3.51. The van der Waals surface area contributed by atoms with Crippen LogP contribution in [0.3, 0.4) is 0 Å². The Morgan fingerprint density at radius 3 is 2.60 bits per heavy atom. The van der Waals surface area contributed by atoms with Gasteiger partial charge in [0, 0.05) is 12.5 Å². The fourth-order valence-electron chi connectivity index (χ4n) is 2.49. The number of amides is 1. The lowest BCUT2D eigenvalue weighted by Gasteiger charge is -2.34. The molecule has 1 unspecified atom stereocenters. The predicted molar refractivity (Wildman–Crippen MR) is 54.3 cm³/mol. The maximum absolute atomic E-state index is 11.9. The molecule has 4 heteroatoms. The summed E-state index contributed by atoms with van der Waals surface area (Å²) in [4.78, 5) is 24.9. The van der Waals surface area contributed by atoms with Crippen molar-refractivity contribution in [3.63, 3.8) is 0 Å². The van der Waals surface area contributed by atoms with E-state index in [0.29, 0.717) is 19.4 Å². The molecule has 1 heterocycles. The van der Waals surface area contributed by atoms with Crippen LogP contribution in [0.5, 0.6) is 0 Å². The molecule has 0 aromatic heterocycles. The van der Waals surface area contributed by atoms with Gasteiger partial charge in [-0.05, 0) is 32.1 Å². The van der Waals surface area contributed by atoms with Crippen LogP contribution in [0.15, 0.2) is 0 Å². The first-order valence-electron chi connectivity index (χ1n) is 5.66. The van der Waals surface area contributed by atoms with Gasteiger partial charge in [-0.1, -0.05) is 6.92 Å². The number of carboxylic acid groups (broad SMARTS) is 1. The number of hydrogen-bond donors (Lipinski definition) is 1. The minimum Gasteiger partial charge on any atom is -0.479 e. The van der Waals surface area contributed by atoms with Crippen molar-refractivity contribution in [3.05, 3.63) is 0 Å². The zero-order chi connectivity index (χ0) is 11.1. The van der Waals surface area contributed by atoms with Gasteiger partial charge in [0.25, 0.3) is 0 Å². The lowest BCUT2D eigenvalue weighted by molar-refractivity contribution is -0.157. The Balaban J connectivity index is 2.21. The Kier molecular flexibility index (Phi) is 2.44. The van der Waals surface area contributed by atoms with Gasteiger partial charge in [-0.3, -0.25) is 4.79 Å². The molecule has 0 radical (unpaired) electrons. The summed E-state index contributed by atoms with van der Waals surface area (Å²) in [7, 11) is 0. The van der Waals surface area contributed by atoms with E-state index in [4.69, 9.17) is 0 Å². The van der Waals surface area contributed by atoms with E-state index in [-0.39, 0.29) is 11.8 Å². The first-order valence-corrected chi connectivity index (χ1v) is 5.66. The quantitative estimate of drug-likeness (QED) is 0.764. The molecule has 1 saturated carbocycles. The smallest absolute Gasteiger partial charge is 0.329 e. The average Bonchev–Trinajstić information content (AvgIpc) is 2.96. The van der Waals surface area contributed by atoms with Crippen LogP contribution in [0, 0.1) is 5.92 Å². The molecule has 1 atom stereocenters. The monoisotopic (exact) mass is 211 g/mol. The largest absolute Gasteiger partial charge is 0.479 e. The first kappa shape index (κ1) is 10.5. The summed E-state index contributed by atoms with van der Waals surface area (Å²) in [5.41, 5.74) is -0.903. The van der Waals surface area contributed by atoms with Crippen LogP contribution in [-0.2, 0) is 9.59 Å². The molecule has 1 saturated heterocycles. The van der Waals surface area contributed by atoms with Crippen molar-refractivity contribution in [2.45, 2.75) is 44.6 Å². The molecule has 0 aromatic rings. The highest BCUT2D eigenvalue weighted by Gasteiger charge is 2.51. The van der Waals surface area contributed by atoms with Crippen molar-refractivity contribution < 1.29 is 14.7 Å². The lowest BCUT2D eigenvalue weighted by atomic mass is 9.92. The maximum Gasteiger partial charge on any atom is 0.329 e. The van der Waals surface area contributed by atoms with Gasteiger partial charge >= 0.3 is 5.97 Å². The third kappa shape index (κ3) is 1.52. The summed E-state index contributed by atoms with van der Waals surface area (Å²) in [6.07, 6.45) is 3.82. The van der Waals surface area contributed by atoms with Crippen molar-refractivity contribution in [2.24, 2.45) is 5.92 Å². The van der Waals surface area contributed by atoms with Gasteiger partial charge in [0.15, 0.2) is 0 Å². The SMILES string of the molecule is CCC1(C(=O)O)CCCN1C(=O)C1CC1. The van der Waals surface area contributed by atoms with Crippen molar-refractivity contribution >= 4 is 11.9 Å². The van der Waals surface area contributed by atoms with Crippen LogP contribution >= 0.6 is 0 Å². The summed E-state index contributed by atoms with van der Waals surface area (Å²) in [5, 5.41) is 9.29. The van der Waals surface area contributed by atoms with Gasteiger partial charge in [-0.15, -0.1) is 0 Å². The lowest BCUT2D eigenvalue weighted by Crippen LogP contribution is -2.53. The maximum atomic E-state index is 11.9. The molecule has 0 bridgehead atoms. The zero-order valence-electron chi connectivity index (χ0n) is 9.03. The number of aliphatic carboxylic acids is 1. The number of nitrogens with zero attached hydrogens (tertiary/aromatic N) is 1. The first-order chi connectivity index (χ1) is 7.12. The number of carbonyl (C=O) groups excluding carboxylic acids is 1. The standard InChI is InChI=1S/C11H17NO3/c1-2-11(10(14)15)6-3-7-12(11)9(13)8-4-5-8/h8H,2-7H2,1H3,(H,14,15). The molecule has 1 aliphatic heterocycles. The molecule has 0 aromatic carbocycles. The van der Waals surface area contributed by atoms with Crippen LogP contribution in [0.2, 0.25) is 0 Å². The molecule has 1 aliphatic carbocycles. The molecule has 2 aliphatic rings. The second-order valence-electron chi connectivity index (χ2n) is 4.56. The van der Waals surface area contributed by atoms with Gasteiger partial charge in [-0.2, -0.15) is 0 Å². The van der Waals surface area contributed by atoms with Gasteiger partial charge in [0.05, 0.1) is 0 Å². The zero-order valence-corrected chi connectivity index (χ0v) is 9.03. The van der Waals surface area contributed by atoms with Gasteiger partial charge in [0.1, 0.15) is 5.54 Å². The molecule has 1 amide bonds. The van der Waals surface area contributed by atoms with Gasteiger partial charge < -0.3 is 10.0 Å². The molecule has 2 fully saturated rings. The van der Waals surface area contributed by atoms with Crippen LogP contribution < -0.4 is 0 Å². The fraction of sp³-hybridized carbons (Fsp3) is 0.818. The summed E-state index contributed by atoms with van der Waals surface area (Å²) in [5.74, 6) is -0.651. The van der Waals surface area contributed by atoms with E-state index in [1.807, 2.05) is 6.92 Å². The van der Waals surface area contributed by atoms with Crippen molar-refractivity contribution in [2.75, 3.05) is 6.54 Å². The Labute approximate surface area is 89.3 Å². The molecular formula is C11H17NO3. The topological polar surface area (TPSA) is 57.6 Å². The van der Waals surface area contributed by atoms with Crippen molar-refractivity contribution in [1.29, 1.82) is 0 Å². The van der Waals surface area contributed by atoms with E-state index in [1.165, 1.54) is 0 Å². The Morgan fingerprint density at radius 1 is 1.47 bits per heavy atom. The number of carboxylic acids is 1. The molecule has 2 rings (SSSR count). The van der Waals surface area contributed by atoms with Crippen LogP contribution in [0.1, 0.15) is 39.0 Å². The highest BCUT2D eigenvalue weighted by molar-refractivity contribution is 5.89. The Hall–Kier alpha value is -1.06. The number of likely N-dealkylation sites (tertiary alicyclic amines) is 1. The Morgan fingerprint density at radius 2 is 2.13 bits per heavy atom. The van der Waals surface area contributed by atoms with Crippen molar-refractivity contribution in [1.82, 2.24) is 4.90 Å². The van der Waals surface area contributed by atoms with E-state index in [1.54, 1.807) is 4.90 Å². The Bertz CT molecular complexity index is 298. The van der Waals surface area contributed by atoms with Gasteiger partial charge in [-0.25, -0.2) is 4.79 Å². The molecule has 84 valence electrons. The van der Waals surface area contributed by atoms with E-state index < -0.39 is 11.5 Å². The summed E-state index contributed by atoms with van der Waals surface area (Å²) < 4.78 is 0. The van der Waals surface area contributed by atoms with E-state index in [0.717, 1.165) is 19.3 Å². The number of hydrogen-bond acceptors (Lipinski definition) is 2. The molecular weight excluding hydrogens is 194 g/mol. The summed E-state index contributed by atoms with van der Waals surface area (Å²) in [6.45, 7) is 2.47. The van der Waals surface area contributed by atoms with Crippen LogP contribution in [0.25, 0.3) is 0 Å². The van der Waals surface area contributed by atoms with Crippen LogP contribution in [-0.4, -0.2) is 34.0 Å². The van der Waals surface area contributed by atoms with Gasteiger partial charge in [0.2, 0.25) is 5.91 Å². The molecule has 1 N–H and O–H groups in total. The molecule has 4 nitrogen and oxygen atoms in total. The minimum atomic E-state index is -0.903. The average molecular weight is 211 g/mol.